The van der Waals surface area contributed by atoms with Crippen LogP contribution in [-0.2, 0) is 4.74 Å². The highest BCUT2D eigenvalue weighted by Crippen LogP contribution is 2.21. The number of nitrogens with two attached hydrogens (primary N) is 1. The largest absolute Gasteiger partial charge is 0.393 e. The molecule has 1 unspecified atom stereocenters. The lowest BCUT2D eigenvalue weighted by atomic mass is 10.4. The Morgan fingerprint density at radius 3 is 3.00 bits per heavy atom. The lowest BCUT2D eigenvalue weighted by Crippen LogP contribution is -2.19. The van der Waals surface area contributed by atoms with Crippen molar-refractivity contribution in [3.63, 3.8) is 0 Å². The quantitative estimate of drug-likeness (QED) is 0.739. The smallest absolute Gasteiger partial charge is 0.157 e. The number of nitrogen functional groups attached to an aromatic ring is 1. The second kappa shape index (κ2) is 4.97. The van der Waals surface area contributed by atoms with Crippen LogP contribution in [0.3, 0.4) is 0 Å². The Kier molecular flexibility index (Phi) is 3.91. The fourth-order valence-electron chi connectivity index (χ4n) is 0.839. The van der Waals surface area contributed by atoms with Gasteiger partial charge in [-0.3, -0.25) is 0 Å². The van der Waals surface area contributed by atoms with Crippen molar-refractivity contribution in [2.24, 2.45) is 0 Å². The maximum absolute atomic E-state index is 5.72. The number of aromatic nitrogens is 2. The summed E-state index contributed by atoms with van der Waals surface area (Å²) >= 11 is 5.72. The van der Waals surface area contributed by atoms with E-state index in [0.717, 1.165) is 0 Å². The number of halogens is 1. The fraction of sp³-hybridized carbons (Fsp3) is 0.500. The average Bonchev–Trinajstić information content (AvgIpc) is 2.20. The Morgan fingerprint density at radius 2 is 2.36 bits per heavy atom. The lowest BCUT2D eigenvalue weighted by Gasteiger charge is -2.12. The Labute approximate surface area is 87.6 Å². The maximum Gasteiger partial charge on any atom is 0.157 e. The fourth-order valence-corrected chi connectivity index (χ4v) is 0.972. The van der Waals surface area contributed by atoms with Crippen LogP contribution >= 0.6 is 11.6 Å². The number of ether oxygens (including phenoxy) is 1. The number of hydrogen-bond acceptors (Lipinski definition) is 5. The van der Waals surface area contributed by atoms with Crippen molar-refractivity contribution in [3.05, 3.63) is 11.5 Å². The molecule has 1 atom stereocenters. The van der Waals surface area contributed by atoms with Crippen molar-refractivity contribution in [3.8, 4) is 0 Å². The number of methoxy groups -OCH3 is 1. The van der Waals surface area contributed by atoms with Gasteiger partial charge in [-0.2, -0.15) is 0 Å². The van der Waals surface area contributed by atoms with Crippen molar-refractivity contribution < 1.29 is 4.74 Å². The predicted octanol–water partition coefficient (Wildman–Crippen LogP) is 1.16. The van der Waals surface area contributed by atoms with Gasteiger partial charge in [-0.25, -0.2) is 9.97 Å². The topological polar surface area (TPSA) is 73.1 Å². The minimum atomic E-state index is 0.0862. The number of nitrogens with one attached hydrogen (secondary N) is 1. The van der Waals surface area contributed by atoms with E-state index in [4.69, 9.17) is 22.1 Å². The van der Waals surface area contributed by atoms with Crippen LogP contribution in [-0.4, -0.2) is 29.7 Å². The minimum Gasteiger partial charge on any atom is -0.393 e. The van der Waals surface area contributed by atoms with Gasteiger partial charge >= 0.3 is 0 Å². The van der Waals surface area contributed by atoms with E-state index in [0.29, 0.717) is 18.1 Å². The van der Waals surface area contributed by atoms with Crippen LogP contribution in [0.2, 0.25) is 5.15 Å². The SMILES string of the molecule is COC(C)CNc1ncnc(Cl)c1N. The van der Waals surface area contributed by atoms with Crippen molar-refractivity contribution in [2.45, 2.75) is 13.0 Å². The normalized spacial score (nSPS) is 12.5. The molecule has 78 valence electrons. The van der Waals surface area contributed by atoms with Crippen molar-refractivity contribution >= 4 is 23.1 Å². The zero-order valence-electron chi connectivity index (χ0n) is 8.12. The molecule has 0 aliphatic carbocycles. The average molecular weight is 217 g/mol. The molecule has 0 saturated carbocycles. The van der Waals surface area contributed by atoms with Gasteiger partial charge in [-0.05, 0) is 6.92 Å². The van der Waals surface area contributed by atoms with Crippen LogP contribution in [0.25, 0.3) is 0 Å². The van der Waals surface area contributed by atoms with Gasteiger partial charge in [0, 0.05) is 13.7 Å². The minimum absolute atomic E-state index is 0.0862. The lowest BCUT2D eigenvalue weighted by molar-refractivity contribution is 0.128. The maximum atomic E-state index is 5.72. The third-order valence-corrected chi connectivity index (χ3v) is 2.10. The molecule has 1 aromatic rings. The molecule has 5 nitrogen and oxygen atoms in total. The molecule has 3 N–H and O–H groups in total. The van der Waals surface area contributed by atoms with E-state index in [1.807, 2.05) is 6.92 Å². The Morgan fingerprint density at radius 1 is 1.64 bits per heavy atom. The number of hydrogen-bond donors (Lipinski definition) is 2. The monoisotopic (exact) mass is 216 g/mol. The third-order valence-electron chi connectivity index (χ3n) is 1.79. The molecular weight excluding hydrogens is 204 g/mol. The molecule has 6 heteroatoms. The molecule has 0 fully saturated rings. The Hall–Kier alpha value is -1.07. The Balaban J connectivity index is 2.63. The van der Waals surface area contributed by atoms with Crippen molar-refractivity contribution in [2.75, 3.05) is 24.7 Å². The first kappa shape index (κ1) is 11.0. The highest BCUT2D eigenvalue weighted by Gasteiger charge is 2.06. The summed E-state index contributed by atoms with van der Waals surface area (Å²) < 4.78 is 5.06. The van der Waals surface area contributed by atoms with Gasteiger partial charge in [0.2, 0.25) is 0 Å². The van der Waals surface area contributed by atoms with E-state index in [1.54, 1.807) is 7.11 Å². The highest BCUT2D eigenvalue weighted by atomic mass is 35.5. The molecular formula is C8H13ClN4O. The molecule has 0 aliphatic rings. The van der Waals surface area contributed by atoms with Gasteiger partial charge in [0.1, 0.15) is 12.0 Å². The molecule has 1 rings (SSSR count). The predicted molar refractivity (Wildman–Crippen MR) is 56.4 cm³/mol. The van der Waals surface area contributed by atoms with Crippen LogP contribution in [0.15, 0.2) is 6.33 Å². The van der Waals surface area contributed by atoms with Crippen LogP contribution < -0.4 is 11.1 Å². The van der Waals surface area contributed by atoms with Crippen LogP contribution in [0.4, 0.5) is 11.5 Å². The summed E-state index contributed by atoms with van der Waals surface area (Å²) in [6.45, 7) is 2.56. The van der Waals surface area contributed by atoms with E-state index in [2.05, 4.69) is 15.3 Å². The molecule has 1 heterocycles. The van der Waals surface area contributed by atoms with Gasteiger partial charge < -0.3 is 15.8 Å². The molecule has 0 aliphatic heterocycles. The summed E-state index contributed by atoms with van der Waals surface area (Å²) in [5.74, 6) is 0.536. The van der Waals surface area contributed by atoms with E-state index in [-0.39, 0.29) is 11.3 Å². The molecule has 0 radical (unpaired) electrons. The highest BCUT2D eigenvalue weighted by molar-refractivity contribution is 6.32. The van der Waals surface area contributed by atoms with Gasteiger partial charge in [0.05, 0.1) is 6.10 Å². The van der Waals surface area contributed by atoms with Crippen LogP contribution in [0, 0.1) is 0 Å². The van der Waals surface area contributed by atoms with E-state index in [9.17, 15) is 0 Å². The van der Waals surface area contributed by atoms with Gasteiger partial charge in [-0.1, -0.05) is 11.6 Å². The molecule has 0 aromatic carbocycles. The zero-order chi connectivity index (χ0) is 10.6. The van der Waals surface area contributed by atoms with E-state index < -0.39 is 0 Å². The van der Waals surface area contributed by atoms with Crippen LogP contribution in [0.1, 0.15) is 6.92 Å². The zero-order valence-corrected chi connectivity index (χ0v) is 8.88. The summed E-state index contributed by atoms with van der Waals surface area (Å²) in [6.07, 6.45) is 1.45. The first-order valence-electron chi connectivity index (χ1n) is 4.17. The number of anilines is 2. The summed E-state index contributed by atoms with van der Waals surface area (Å²) in [7, 11) is 1.64. The number of nitrogens with zero attached hydrogens (tertiary/aromatic N) is 2. The van der Waals surface area contributed by atoms with Crippen molar-refractivity contribution in [1.82, 2.24) is 9.97 Å². The Bertz CT molecular complexity index is 307. The summed E-state index contributed by atoms with van der Waals surface area (Å²) in [5.41, 5.74) is 6.01. The molecule has 0 bridgehead atoms. The van der Waals surface area contributed by atoms with Crippen molar-refractivity contribution in [1.29, 1.82) is 0 Å². The van der Waals surface area contributed by atoms with Gasteiger partial charge in [0.15, 0.2) is 11.0 Å². The van der Waals surface area contributed by atoms with E-state index >= 15 is 0 Å². The van der Waals surface area contributed by atoms with Gasteiger partial charge in [-0.15, -0.1) is 0 Å². The second-order valence-electron chi connectivity index (χ2n) is 2.85. The molecule has 14 heavy (non-hydrogen) atoms. The molecule has 1 aromatic heterocycles. The molecule has 0 amide bonds. The summed E-state index contributed by atoms with van der Waals surface area (Å²) in [5, 5.41) is 3.28. The third kappa shape index (κ3) is 2.71. The van der Waals surface area contributed by atoms with Crippen LogP contribution in [0.5, 0.6) is 0 Å². The molecule has 0 saturated heterocycles. The molecule has 0 spiro atoms. The van der Waals surface area contributed by atoms with Gasteiger partial charge in [0.25, 0.3) is 0 Å². The number of rotatable bonds is 4. The second-order valence-corrected chi connectivity index (χ2v) is 3.21. The first-order chi connectivity index (χ1) is 6.65. The van der Waals surface area contributed by atoms with E-state index in [1.165, 1.54) is 6.33 Å². The standard InChI is InChI=1S/C8H13ClN4O/c1-5(14-2)3-11-8-6(10)7(9)12-4-13-8/h4-5H,3,10H2,1-2H3,(H,11,12,13). The first-order valence-corrected chi connectivity index (χ1v) is 4.55. The summed E-state index contributed by atoms with van der Waals surface area (Å²) in [6, 6.07) is 0. The summed E-state index contributed by atoms with van der Waals surface area (Å²) in [4.78, 5) is 7.70.